The third-order valence-corrected chi connectivity index (χ3v) is 4.42. The van der Waals surface area contributed by atoms with Crippen LogP contribution in [-0.2, 0) is 6.54 Å². The summed E-state index contributed by atoms with van der Waals surface area (Å²) in [5, 5.41) is 10.9. The first-order valence-electron chi connectivity index (χ1n) is 7.47. The van der Waals surface area contributed by atoms with Gasteiger partial charge in [-0.2, -0.15) is 0 Å². The molecule has 3 heteroatoms. The van der Waals surface area contributed by atoms with Gasteiger partial charge >= 0.3 is 0 Å². The van der Waals surface area contributed by atoms with Crippen molar-refractivity contribution in [2.75, 3.05) is 13.1 Å². The summed E-state index contributed by atoms with van der Waals surface area (Å²) in [6, 6.07) is 10.5. The van der Waals surface area contributed by atoms with E-state index in [0.717, 1.165) is 38.0 Å². The molecule has 1 unspecified atom stereocenters. The van der Waals surface area contributed by atoms with Crippen LogP contribution in [0.5, 0.6) is 0 Å². The fourth-order valence-electron chi connectivity index (χ4n) is 3.13. The third-order valence-electron chi connectivity index (χ3n) is 4.42. The smallest absolute Gasteiger partial charge is 0.0746 e. The molecule has 1 aromatic heterocycles. The number of fused-ring (bicyclic) bond motifs is 1. The molecule has 106 valence electrons. The lowest BCUT2D eigenvalue weighted by Gasteiger charge is -2.33. The van der Waals surface area contributed by atoms with Crippen molar-refractivity contribution in [3.63, 3.8) is 0 Å². The van der Waals surface area contributed by atoms with E-state index in [1.54, 1.807) is 0 Å². The largest absolute Gasteiger partial charge is 0.393 e. The zero-order chi connectivity index (χ0) is 13.9. The van der Waals surface area contributed by atoms with Gasteiger partial charge in [0, 0.05) is 18.1 Å². The number of aromatic nitrogens is 1. The second-order valence-electron chi connectivity index (χ2n) is 5.85. The lowest BCUT2D eigenvalue weighted by molar-refractivity contribution is 0.0696. The molecule has 1 aliphatic heterocycles. The van der Waals surface area contributed by atoms with Crippen LogP contribution in [-0.4, -0.2) is 34.2 Å². The maximum atomic E-state index is 9.67. The number of para-hydroxylation sites is 1. The zero-order valence-corrected chi connectivity index (χ0v) is 12.0. The summed E-state index contributed by atoms with van der Waals surface area (Å²) in [5.74, 6) is 0.469. The lowest BCUT2D eigenvalue weighted by atomic mass is 9.92. The first-order valence-corrected chi connectivity index (χ1v) is 7.47. The van der Waals surface area contributed by atoms with Crippen molar-refractivity contribution in [3.05, 3.63) is 42.1 Å². The topological polar surface area (TPSA) is 36.4 Å². The van der Waals surface area contributed by atoms with Crippen LogP contribution in [0.4, 0.5) is 0 Å². The molecule has 0 aliphatic carbocycles. The first-order chi connectivity index (χ1) is 9.74. The summed E-state index contributed by atoms with van der Waals surface area (Å²) in [6.45, 7) is 5.01. The molecule has 3 nitrogen and oxygen atoms in total. The fraction of sp³-hybridized carbons (Fsp3) is 0.471. The third kappa shape index (κ3) is 2.84. The summed E-state index contributed by atoms with van der Waals surface area (Å²) in [4.78, 5) is 7.00. The van der Waals surface area contributed by atoms with Crippen molar-refractivity contribution >= 4 is 10.9 Å². The van der Waals surface area contributed by atoms with E-state index in [-0.39, 0.29) is 6.10 Å². The number of hydrogen-bond acceptors (Lipinski definition) is 3. The second-order valence-corrected chi connectivity index (χ2v) is 5.85. The van der Waals surface area contributed by atoms with E-state index in [4.69, 9.17) is 0 Å². The molecule has 1 fully saturated rings. The molecule has 1 aliphatic rings. The summed E-state index contributed by atoms with van der Waals surface area (Å²) in [7, 11) is 0. The summed E-state index contributed by atoms with van der Waals surface area (Å²) in [5.41, 5.74) is 2.42. The van der Waals surface area contributed by atoms with Gasteiger partial charge in [0.15, 0.2) is 0 Å². The minimum absolute atomic E-state index is 0.170. The molecule has 20 heavy (non-hydrogen) atoms. The standard InChI is InChI=1S/C17H22N2O/c1-13(20)14-7-10-19(11-8-14)12-16-5-2-4-15-6-3-9-18-17(15)16/h2-6,9,13-14,20H,7-8,10-12H2,1H3. The van der Waals surface area contributed by atoms with E-state index >= 15 is 0 Å². The Balaban J connectivity index is 1.72. The van der Waals surface area contributed by atoms with Gasteiger partial charge in [-0.05, 0) is 50.4 Å². The molecule has 3 rings (SSSR count). The highest BCUT2D eigenvalue weighted by Gasteiger charge is 2.22. The average molecular weight is 270 g/mol. The van der Waals surface area contributed by atoms with Crippen molar-refractivity contribution in [3.8, 4) is 0 Å². The molecule has 0 amide bonds. The highest BCUT2D eigenvalue weighted by Crippen LogP contribution is 2.23. The van der Waals surface area contributed by atoms with Gasteiger partial charge in [0.2, 0.25) is 0 Å². The maximum Gasteiger partial charge on any atom is 0.0746 e. The predicted molar refractivity (Wildman–Crippen MR) is 81.4 cm³/mol. The van der Waals surface area contributed by atoms with Crippen molar-refractivity contribution in [1.82, 2.24) is 9.88 Å². The molecule has 2 heterocycles. The quantitative estimate of drug-likeness (QED) is 0.931. The van der Waals surface area contributed by atoms with E-state index in [0.29, 0.717) is 5.92 Å². The number of piperidine rings is 1. The average Bonchev–Trinajstić information content (AvgIpc) is 2.48. The molecular formula is C17H22N2O. The second kappa shape index (κ2) is 5.90. The Morgan fingerprint density at radius 1 is 1.25 bits per heavy atom. The van der Waals surface area contributed by atoms with Crippen LogP contribution < -0.4 is 0 Å². The van der Waals surface area contributed by atoms with Gasteiger partial charge in [0.25, 0.3) is 0 Å². The molecule has 1 aromatic carbocycles. The molecule has 2 aromatic rings. The highest BCUT2D eigenvalue weighted by atomic mass is 16.3. The Labute approximate surface area is 120 Å². The molecule has 0 bridgehead atoms. The van der Waals surface area contributed by atoms with Crippen LogP contribution in [0.2, 0.25) is 0 Å². The van der Waals surface area contributed by atoms with Gasteiger partial charge in [0.1, 0.15) is 0 Å². The molecular weight excluding hydrogens is 248 g/mol. The van der Waals surface area contributed by atoms with E-state index < -0.39 is 0 Å². The van der Waals surface area contributed by atoms with Gasteiger partial charge in [-0.15, -0.1) is 0 Å². The van der Waals surface area contributed by atoms with Crippen molar-refractivity contribution in [2.45, 2.75) is 32.4 Å². The van der Waals surface area contributed by atoms with Gasteiger partial charge in [-0.3, -0.25) is 9.88 Å². The van der Waals surface area contributed by atoms with Gasteiger partial charge in [-0.1, -0.05) is 24.3 Å². The van der Waals surface area contributed by atoms with E-state index in [9.17, 15) is 5.11 Å². The number of pyridine rings is 1. The molecule has 0 radical (unpaired) electrons. The van der Waals surface area contributed by atoms with Crippen molar-refractivity contribution in [2.24, 2.45) is 5.92 Å². The number of hydrogen-bond donors (Lipinski definition) is 1. The van der Waals surface area contributed by atoms with Crippen LogP contribution in [0, 0.1) is 5.92 Å². The fourth-order valence-corrected chi connectivity index (χ4v) is 3.13. The number of benzene rings is 1. The Kier molecular flexibility index (Phi) is 3.99. The Morgan fingerprint density at radius 2 is 2.00 bits per heavy atom. The van der Waals surface area contributed by atoms with Crippen molar-refractivity contribution < 1.29 is 5.11 Å². The number of aliphatic hydroxyl groups excluding tert-OH is 1. The highest BCUT2D eigenvalue weighted by molar-refractivity contribution is 5.81. The van der Waals surface area contributed by atoms with Gasteiger partial charge in [-0.25, -0.2) is 0 Å². The Bertz CT molecular complexity index is 569. The molecule has 0 saturated carbocycles. The lowest BCUT2D eigenvalue weighted by Crippen LogP contribution is -2.36. The monoisotopic (exact) mass is 270 g/mol. The Hall–Kier alpha value is -1.45. The SMILES string of the molecule is CC(O)C1CCN(Cc2cccc3cccnc23)CC1. The van der Waals surface area contributed by atoms with Gasteiger partial charge in [0.05, 0.1) is 11.6 Å². The van der Waals surface area contributed by atoms with Crippen LogP contribution in [0.3, 0.4) is 0 Å². The van der Waals surface area contributed by atoms with Gasteiger partial charge < -0.3 is 5.11 Å². The van der Waals surface area contributed by atoms with E-state index in [1.165, 1.54) is 10.9 Å². The number of rotatable bonds is 3. The van der Waals surface area contributed by atoms with Crippen LogP contribution in [0.15, 0.2) is 36.5 Å². The number of likely N-dealkylation sites (tertiary alicyclic amines) is 1. The minimum atomic E-state index is -0.170. The minimum Gasteiger partial charge on any atom is -0.393 e. The van der Waals surface area contributed by atoms with Crippen LogP contribution in [0.25, 0.3) is 10.9 Å². The van der Waals surface area contributed by atoms with E-state index in [2.05, 4.69) is 34.1 Å². The Morgan fingerprint density at radius 3 is 2.75 bits per heavy atom. The van der Waals surface area contributed by atoms with Crippen LogP contribution >= 0.6 is 0 Å². The van der Waals surface area contributed by atoms with E-state index in [1.807, 2.05) is 19.2 Å². The molecule has 1 atom stereocenters. The summed E-state index contributed by atoms with van der Waals surface area (Å²) >= 11 is 0. The predicted octanol–water partition coefficient (Wildman–Crippen LogP) is 2.83. The first kappa shape index (κ1) is 13.5. The zero-order valence-electron chi connectivity index (χ0n) is 12.0. The number of aliphatic hydroxyl groups is 1. The summed E-state index contributed by atoms with van der Waals surface area (Å²) in [6.07, 6.45) is 3.88. The molecule has 0 spiro atoms. The normalized spacial score (nSPS) is 19.3. The van der Waals surface area contributed by atoms with Crippen molar-refractivity contribution in [1.29, 1.82) is 0 Å². The number of nitrogens with zero attached hydrogens (tertiary/aromatic N) is 2. The summed E-state index contributed by atoms with van der Waals surface area (Å²) < 4.78 is 0. The maximum absolute atomic E-state index is 9.67. The molecule has 1 saturated heterocycles. The molecule has 1 N–H and O–H groups in total. The van der Waals surface area contributed by atoms with Crippen LogP contribution in [0.1, 0.15) is 25.3 Å².